The highest BCUT2D eigenvalue weighted by molar-refractivity contribution is 5.73. The molecule has 1 aromatic rings. The zero-order chi connectivity index (χ0) is 13.5. The van der Waals surface area contributed by atoms with E-state index in [1.807, 2.05) is 19.3 Å². The molecule has 19 heavy (non-hydrogen) atoms. The molecule has 1 aromatic heterocycles. The quantitative estimate of drug-likeness (QED) is 0.814. The average molecular weight is 258 g/mol. The van der Waals surface area contributed by atoms with Crippen LogP contribution in [-0.2, 0) is 0 Å². The third-order valence-corrected chi connectivity index (χ3v) is 4.60. The molecule has 0 amide bonds. The van der Waals surface area contributed by atoms with Crippen molar-refractivity contribution in [2.75, 3.05) is 20.1 Å². The number of likely N-dealkylation sites (N-methyl/N-ethyl adjacent to an activating group) is 1. The van der Waals surface area contributed by atoms with Crippen LogP contribution in [0.5, 0.6) is 0 Å². The van der Waals surface area contributed by atoms with E-state index < -0.39 is 0 Å². The van der Waals surface area contributed by atoms with E-state index >= 15 is 0 Å². The highest BCUT2D eigenvalue weighted by Crippen LogP contribution is 2.52. The van der Waals surface area contributed by atoms with Crippen LogP contribution < -0.4 is 5.32 Å². The predicted octanol–water partition coefficient (Wildman–Crippen LogP) is 2.39. The highest BCUT2D eigenvalue weighted by Gasteiger charge is 2.53. The Morgan fingerprint density at radius 3 is 3.05 bits per heavy atom. The summed E-state index contributed by atoms with van der Waals surface area (Å²) in [6.07, 6.45) is 6.42. The largest absolute Gasteiger partial charge is 0.370 e. The van der Waals surface area contributed by atoms with Crippen molar-refractivity contribution in [3.63, 3.8) is 0 Å². The summed E-state index contributed by atoms with van der Waals surface area (Å²) in [6.45, 7) is 8.43. The van der Waals surface area contributed by atoms with Crippen LogP contribution in [0.25, 0.3) is 5.70 Å². The molecule has 4 heteroatoms. The first-order valence-corrected chi connectivity index (χ1v) is 6.97. The summed E-state index contributed by atoms with van der Waals surface area (Å²) in [5.41, 5.74) is 2.66. The standard InChI is InChI=1S/C15H22N4/c1-4-17-14-12(5-8-18-14)11(2)19(3)13-9-16-10-15(13)6-7-15/h4-5,8,13,16,18H,2,6-7,9-10H2,1,3H3/b17-4-. The van der Waals surface area contributed by atoms with Gasteiger partial charge in [-0.15, -0.1) is 0 Å². The molecule has 2 fully saturated rings. The molecule has 102 valence electrons. The van der Waals surface area contributed by atoms with Gasteiger partial charge in [0, 0.05) is 55.3 Å². The van der Waals surface area contributed by atoms with Gasteiger partial charge in [0.1, 0.15) is 5.82 Å². The van der Waals surface area contributed by atoms with Crippen LogP contribution in [0.4, 0.5) is 5.82 Å². The number of H-pyrrole nitrogens is 1. The van der Waals surface area contributed by atoms with Crippen molar-refractivity contribution >= 4 is 17.7 Å². The number of nitrogens with zero attached hydrogens (tertiary/aromatic N) is 2. The van der Waals surface area contributed by atoms with Crippen molar-refractivity contribution in [1.82, 2.24) is 15.2 Å². The number of hydrogen-bond acceptors (Lipinski definition) is 3. The molecule has 0 aromatic carbocycles. The Labute approximate surface area is 114 Å². The first kappa shape index (κ1) is 12.5. The van der Waals surface area contributed by atoms with Gasteiger partial charge < -0.3 is 15.2 Å². The SMILES string of the molecule is C=C(c1cc[nH]c1/N=C\C)N(C)C1CNCC12CC2. The molecular weight excluding hydrogens is 236 g/mol. The summed E-state index contributed by atoms with van der Waals surface area (Å²) in [5.74, 6) is 0.898. The molecule has 4 nitrogen and oxygen atoms in total. The van der Waals surface area contributed by atoms with Crippen molar-refractivity contribution in [2.24, 2.45) is 10.4 Å². The third-order valence-electron chi connectivity index (χ3n) is 4.60. The summed E-state index contributed by atoms with van der Waals surface area (Å²) >= 11 is 0. The van der Waals surface area contributed by atoms with Gasteiger partial charge in [0.25, 0.3) is 0 Å². The van der Waals surface area contributed by atoms with Crippen molar-refractivity contribution in [2.45, 2.75) is 25.8 Å². The van der Waals surface area contributed by atoms with Crippen LogP contribution in [0.3, 0.4) is 0 Å². The van der Waals surface area contributed by atoms with Crippen LogP contribution in [-0.4, -0.2) is 42.3 Å². The zero-order valence-corrected chi connectivity index (χ0v) is 11.7. The minimum Gasteiger partial charge on any atom is -0.370 e. The molecule has 2 aliphatic rings. The van der Waals surface area contributed by atoms with E-state index in [9.17, 15) is 0 Å². The predicted molar refractivity (Wildman–Crippen MR) is 79.7 cm³/mol. The fraction of sp³-hybridized carbons (Fsp3) is 0.533. The Bertz CT molecular complexity index is 510. The fourth-order valence-corrected chi connectivity index (χ4v) is 3.22. The molecule has 1 aliphatic carbocycles. The molecule has 2 N–H and O–H groups in total. The lowest BCUT2D eigenvalue weighted by atomic mass is 9.98. The average Bonchev–Trinajstić information content (AvgIpc) is 2.85. The van der Waals surface area contributed by atoms with E-state index in [0.29, 0.717) is 11.5 Å². The van der Waals surface area contributed by atoms with Gasteiger partial charge in [-0.25, -0.2) is 4.99 Å². The van der Waals surface area contributed by atoms with Gasteiger partial charge in [0.15, 0.2) is 0 Å². The molecular formula is C15H22N4. The van der Waals surface area contributed by atoms with Gasteiger partial charge in [-0.05, 0) is 25.8 Å². The number of hydrogen-bond donors (Lipinski definition) is 2. The van der Waals surface area contributed by atoms with E-state index in [-0.39, 0.29) is 0 Å². The van der Waals surface area contributed by atoms with Gasteiger partial charge >= 0.3 is 0 Å². The maximum absolute atomic E-state index is 4.37. The van der Waals surface area contributed by atoms with Gasteiger partial charge in [-0.2, -0.15) is 0 Å². The Morgan fingerprint density at radius 2 is 2.37 bits per heavy atom. The van der Waals surface area contributed by atoms with Crippen LogP contribution >= 0.6 is 0 Å². The van der Waals surface area contributed by atoms with E-state index in [1.54, 1.807) is 0 Å². The van der Waals surface area contributed by atoms with Crippen LogP contribution in [0, 0.1) is 5.41 Å². The highest BCUT2D eigenvalue weighted by atomic mass is 15.2. The molecule has 0 radical (unpaired) electrons. The topological polar surface area (TPSA) is 43.4 Å². The lowest BCUT2D eigenvalue weighted by Crippen LogP contribution is -2.37. The summed E-state index contributed by atoms with van der Waals surface area (Å²) in [6, 6.07) is 2.62. The summed E-state index contributed by atoms with van der Waals surface area (Å²) < 4.78 is 0. The molecule has 1 spiro atoms. The molecule has 1 aliphatic heterocycles. The Balaban J connectivity index is 1.81. The molecule has 3 rings (SSSR count). The second kappa shape index (κ2) is 4.53. The maximum atomic E-state index is 4.37. The van der Waals surface area contributed by atoms with Crippen molar-refractivity contribution in [3.8, 4) is 0 Å². The third kappa shape index (κ3) is 2.00. The minimum atomic E-state index is 0.502. The van der Waals surface area contributed by atoms with E-state index in [1.165, 1.54) is 12.8 Å². The second-order valence-electron chi connectivity index (χ2n) is 5.69. The second-order valence-corrected chi connectivity index (χ2v) is 5.69. The van der Waals surface area contributed by atoms with Crippen LogP contribution in [0.2, 0.25) is 0 Å². The number of rotatable bonds is 4. The van der Waals surface area contributed by atoms with E-state index in [0.717, 1.165) is 30.2 Å². The fourth-order valence-electron chi connectivity index (χ4n) is 3.22. The number of aromatic amines is 1. The Kier molecular flexibility index (Phi) is 2.97. The number of nitrogens with one attached hydrogen (secondary N) is 2. The minimum absolute atomic E-state index is 0.502. The van der Waals surface area contributed by atoms with Crippen molar-refractivity contribution in [3.05, 3.63) is 24.4 Å². The number of aromatic nitrogens is 1. The Hall–Kier alpha value is -1.55. The lowest BCUT2D eigenvalue weighted by Gasteiger charge is -2.32. The molecule has 1 saturated heterocycles. The molecule has 1 saturated carbocycles. The van der Waals surface area contributed by atoms with Crippen LogP contribution in [0.15, 0.2) is 23.8 Å². The van der Waals surface area contributed by atoms with E-state index in [2.05, 4.69) is 39.9 Å². The van der Waals surface area contributed by atoms with Crippen LogP contribution in [0.1, 0.15) is 25.3 Å². The smallest absolute Gasteiger partial charge is 0.138 e. The number of aliphatic imine (C=N–C) groups is 1. The molecule has 0 bridgehead atoms. The first-order chi connectivity index (χ1) is 9.18. The molecule has 1 atom stereocenters. The monoisotopic (exact) mass is 258 g/mol. The summed E-state index contributed by atoms with van der Waals surface area (Å²) in [4.78, 5) is 9.87. The van der Waals surface area contributed by atoms with Crippen molar-refractivity contribution in [1.29, 1.82) is 0 Å². The van der Waals surface area contributed by atoms with E-state index in [4.69, 9.17) is 0 Å². The summed E-state index contributed by atoms with van der Waals surface area (Å²) in [5, 5.41) is 3.53. The Morgan fingerprint density at radius 1 is 1.58 bits per heavy atom. The van der Waals surface area contributed by atoms with Crippen molar-refractivity contribution < 1.29 is 0 Å². The lowest BCUT2D eigenvalue weighted by molar-refractivity contribution is 0.283. The van der Waals surface area contributed by atoms with Gasteiger partial charge in [-0.3, -0.25) is 0 Å². The first-order valence-electron chi connectivity index (χ1n) is 6.97. The maximum Gasteiger partial charge on any atom is 0.138 e. The zero-order valence-electron chi connectivity index (χ0n) is 11.7. The summed E-state index contributed by atoms with van der Waals surface area (Å²) in [7, 11) is 2.16. The van der Waals surface area contributed by atoms with Gasteiger partial charge in [0.05, 0.1) is 0 Å². The van der Waals surface area contributed by atoms with Gasteiger partial charge in [0.2, 0.25) is 0 Å². The molecule has 1 unspecified atom stereocenters. The van der Waals surface area contributed by atoms with Gasteiger partial charge in [-0.1, -0.05) is 6.58 Å². The normalized spacial score (nSPS) is 24.2. The molecule has 2 heterocycles.